The van der Waals surface area contributed by atoms with E-state index in [2.05, 4.69) is 4.98 Å². The van der Waals surface area contributed by atoms with Gasteiger partial charge in [0.25, 0.3) is 0 Å². The molecule has 23 heavy (non-hydrogen) atoms. The molecule has 3 rings (SSSR count). The Morgan fingerprint density at radius 3 is 2.52 bits per heavy atom. The van der Waals surface area contributed by atoms with E-state index >= 15 is 0 Å². The molecule has 0 bridgehead atoms. The summed E-state index contributed by atoms with van der Waals surface area (Å²) in [6.45, 7) is 0.270. The van der Waals surface area contributed by atoms with E-state index in [0.29, 0.717) is 5.39 Å². The molecule has 0 saturated heterocycles. The van der Waals surface area contributed by atoms with Gasteiger partial charge >= 0.3 is 0 Å². The third-order valence-electron chi connectivity index (χ3n) is 3.64. The Balaban J connectivity index is 2.05. The zero-order chi connectivity index (χ0) is 16.4. The Morgan fingerprint density at radius 2 is 1.78 bits per heavy atom. The summed E-state index contributed by atoms with van der Waals surface area (Å²) in [4.78, 5) is 4.20. The normalized spacial score (nSPS) is 11.9. The highest BCUT2D eigenvalue weighted by molar-refractivity contribution is 7.89. The van der Waals surface area contributed by atoms with Gasteiger partial charge in [-0.05, 0) is 29.8 Å². The Morgan fingerprint density at radius 1 is 1.04 bits per heavy atom. The van der Waals surface area contributed by atoms with Gasteiger partial charge in [0.1, 0.15) is 11.3 Å². The van der Waals surface area contributed by atoms with Gasteiger partial charge in [-0.15, -0.1) is 0 Å². The maximum absolute atomic E-state index is 12.9. The largest absolute Gasteiger partial charge is 0.506 e. The molecular formula is C17H16N2O3S. The summed E-state index contributed by atoms with van der Waals surface area (Å²) in [6, 6.07) is 15.4. The number of pyridine rings is 1. The van der Waals surface area contributed by atoms with Crippen LogP contribution in [0.3, 0.4) is 0 Å². The second-order valence-electron chi connectivity index (χ2n) is 5.23. The van der Waals surface area contributed by atoms with Crippen molar-refractivity contribution in [2.24, 2.45) is 0 Å². The highest BCUT2D eigenvalue weighted by atomic mass is 32.2. The van der Waals surface area contributed by atoms with Crippen LogP contribution in [0.25, 0.3) is 10.9 Å². The van der Waals surface area contributed by atoms with E-state index in [-0.39, 0.29) is 22.7 Å². The minimum Gasteiger partial charge on any atom is -0.506 e. The predicted octanol–water partition coefficient (Wildman–Crippen LogP) is 2.76. The Kier molecular flexibility index (Phi) is 4.02. The van der Waals surface area contributed by atoms with Gasteiger partial charge in [-0.25, -0.2) is 8.42 Å². The molecule has 2 aromatic carbocycles. The Hall–Kier alpha value is -2.44. The second kappa shape index (κ2) is 5.98. The highest BCUT2D eigenvalue weighted by Crippen LogP contribution is 2.30. The molecule has 118 valence electrons. The van der Waals surface area contributed by atoms with Gasteiger partial charge in [-0.3, -0.25) is 4.98 Å². The van der Waals surface area contributed by atoms with Crippen molar-refractivity contribution in [3.63, 3.8) is 0 Å². The van der Waals surface area contributed by atoms with Crippen molar-refractivity contribution in [3.8, 4) is 5.75 Å². The van der Waals surface area contributed by atoms with Crippen LogP contribution in [0.5, 0.6) is 5.75 Å². The van der Waals surface area contributed by atoms with Crippen molar-refractivity contribution >= 4 is 20.9 Å². The number of aromatic hydroxyl groups is 1. The lowest BCUT2D eigenvalue weighted by Crippen LogP contribution is -2.26. The summed E-state index contributed by atoms with van der Waals surface area (Å²) in [6.07, 6.45) is 1.52. The van der Waals surface area contributed by atoms with Crippen LogP contribution < -0.4 is 0 Å². The summed E-state index contributed by atoms with van der Waals surface area (Å²) < 4.78 is 27.0. The van der Waals surface area contributed by atoms with Crippen LogP contribution in [-0.2, 0) is 16.6 Å². The van der Waals surface area contributed by atoms with Crippen LogP contribution in [0.1, 0.15) is 5.56 Å². The minimum atomic E-state index is -3.70. The number of fused-ring (bicyclic) bond motifs is 1. The lowest BCUT2D eigenvalue weighted by Gasteiger charge is -2.18. The molecule has 0 amide bonds. The van der Waals surface area contributed by atoms with Crippen LogP contribution in [-0.4, -0.2) is 29.9 Å². The first-order chi connectivity index (χ1) is 11.0. The van der Waals surface area contributed by atoms with Gasteiger partial charge in [-0.1, -0.05) is 30.3 Å². The smallest absolute Gasteiger partial charge is 0.243 e. The SMILES string of the molecule is CN(Cc1ccccc1)S(=O)(=O)c1ccc(O)c2ncccc12. The third kappa shape index (κ3) is 2.91. The molecule has 0 fully saturated rings. The second-order valence-corrected chi connectivity index (χ2v) is 7.24. The van der Waals surface area contributed by atoms with E-state index in [1.807, 2.05) is 30.3 Å². The number of hydrogen-bond donors (Lipinski definition) is 1. The van der Waals surface area contributed by atoms with E-state index in [0.717, 1.165) is 5.56 Å². The molecule has 3 aromatic rings. The average molecular weight is 328 g/mol. The van der Waals surface area contributed by atoms with E-state index in [1.54, 1.807) is 12.1 Å². The lowest BCUT2D eigenvalue weighted by atomic mass is 10.2. The molecule has 0 spiro atoms. The van der Waals surface area contributed by atoms with Crippen LogP contribution in [0.4, 0.5) is 0 Å². The third-order valence-corrected chi connectivity index (χ3v) is 5.51. The number of sulfonamides is 1. The van der Waals surface area contributed by atoms with Crippen LogP contribution in [0.2, 0.25) is 0 Å². The first-order valence-electron chi connectivity index (χ1n) is 7.07. The van der Waals surface area contributed by atoms with Gasteiger partial charge in [0.15, 0.2) is 0 Å². The fourth-order valence-corrected chi connectivity index (χ4v) is 3.79. The van der Waals surface area contributed by atoms with Crippen LogP contribution in [0, 0.1) is 0 Å². The van der Waals surface area contributed by atoms with Crippen molar-refractivity contribution < 1.29 is 13.5 Å². The van der Waals surface area contributed by atoms with E-state index < -0.39 is 10.0 Å². The Bertz CT molecular complexity index is 940. The molecule has 0 atom stereocenters. The summed E-state index contributed by atoms with van der Waals surface area (Å²) in [7, 11) is -2.16. The number of hydrogen-bond acceptors (Lipinski definition) is 4. The number of rotatable bonds is 4. The molecular weight excluding hydrogens is 312 g/mol. The van der Waals surface area contributed by atoms with Crippen molar-refractivity contribution in [3.05, 3.63) is 66.4 Å². The Labute approximate surface area is 134 Å². The standard InChI is InChI=1S/C17H16N2O3S/c1-19(12-13-6-3-2-4-7-13)23(21,22)16-10-9-15(20)17-14(16)8-5-11-18-17/h2-11,20H,12H2,1H3. The van der Waals surface area contributed by atoms with Gasteiger partial charge in [0, 0.05) is 25.2 Å². The number of nitrogens with zero attached hydrogens (tertiary/aromatic N) is 2. The quantitative estimate of drug-likeness (QED) is 0.799. The van der Waals surface area contributed by atoms with Crippen LogP contribution in [0.15, 0.2) is 65.7 Å². The van der Waals surface area contributed by atoms with E-state index in [1.165, 1.54) is 29.7 Å². The molecule has 1 heterocycles. The molecule has 0 aliphatic carbocycles. The maximum atomic E-state index is 12.9. The molecule has 5 nitrogen and oxygen atoms in total. The zero-order valence-electron chi connectivity index (χ0n) is 12.5. The zero-order valence-corrected chi connectivity index (χ0v) is 13.4. The van der Waals surface area contributed by atoms with Crippen LogP contribution >= 0.6 is 0 Å². The van der Waals surface area contributed by atoms with E-state index in [9.17, 15) is 13.5 Å². The van der Waals surface area contributed by atoms with E-state index in [4.69, 9.17) is 0 Å². The fourth-order valence-electron chi connectivity index (χ4n) is 2.45. The maximum Gasteiger partial charge on any atom is 0.243 e. The lowest BCUT2D eigenvalue weighted by molar-refractivity contribution is 0.466. The van der Waals surface area contributed by atoms with Crippen molar-refractivity contribution in [2.45, 2.75) is 11.4 Å². The minimum absolute atomic E-state index is 0.0368. The highest BCUT2D eigenvalue weighted by Gasteiger charge is 2.24. The molecule has 0 saturated carbocycles. The van der Waals surface area contributed by atoms with Gasteiger partial charge in [0.2, 0.25) is 10.0 Å². The summed E-state index contributed by atoms with van der Waals surface area (Å²) >= 11 is 0. The number of phenols is 1. The van der Waals surface area contributed by atoms with Gasteiger partial charge < -0.3 is 5.11 Å². The topological polar surface area (TPSA) is 70.5 Å². The number of aromatic nitrogens is 1. The molecule has 6 heteroatoms. The average Bonchev–Trinajstić information content (AvgIpc) is 2.56. The molecule has 0 unspecified atom stereocenters. The molecule has 0 radical (unpaired) electrons. The summed E-state index contributed by atoms with van der Waals surface area (Å²) in [5, 5.41) is 10.3. The predicted molar refractivity (Wildman–Crippen MR) is 88.5 cm³/mol. The van der Waals surface area contributed by atoms with Crippen molar-refractivity contribution in [2.75, 3.05) is 7.05 Å². The number of phenolic OH excluding ortho intramolecular Hbond substituents is 1. The number of benzene rings is 2. The summed E-state index contributed by atoms with van der Waals surface area (Å²) in [5.74, 6) is -0.0368. The van der Waals surface area contributed by atoms with Crippen molar-refractivity contribution in [1.29, 1.82) is 0 Å². The molecule has 1 aromatic heterocycles. The molecule has 0 aliphatic rings. The summed E-state index contributed by atoms with van der Waals surface area (Å²) in [5.41, 5.74) is 1.18. The molecule has 1 N–H and O–H groups in total. The van der Waals surface area contributed by atoms with Gasteiger partial charge in [-0.2, -0.15) is 4.31 Å². The monoisotopic (exact) mass is 328 g/mol. The van der Waals surface area contributed by atoms with Crippen molar-refractivity contribution in [1.82, 2.24) is 9.29 Å². The van der Waals surface area contributed by atoms with Gasteiger partial charge in [0.05, 0.1) is 4.90 Å². The molecule has 0 aliphatic heterocycles. The fraction of sp³-hybridized carbons (Fsp3) is 0.118. The first kappa shape index (κ1) is 15.5. The first-order valence-corrected chi connectivity index (χ1v) is 8.51.